The Kier molecular flexibility index (Phi) is 4.13. The molecule has 1 amide bonds. The summed E-state index contributed by atoms with van der Waals surface area (Å²) in [5, 5.41) is 12.6. The summed E-state index contributed by atoms with van der Waals surface area (Å²) in [6.07, 6.45) is 2.03. The average molecular weight is 339 g/mol. The van der Waals surface area contributed by atoms with Crippen LogP contribution in [0.1, 0.15) is 18.1 Å². The predicted molar refractivity (Wildman–Crippen MR) is 79.7 cm³/mol. The number of H-pyrrole nitrogens is 1. The molecule has 1 atom stereocenters. The number of carbonyl (C=O) groups is 2. The largest absolute Gasteiger partial charge is 0.480 e. The number of carbonyl (C=O) groups excluding carboxylic acids is 1. The molecule has 6 heteroatoms. The average Bonchev–Trinajstić information content (AvgIpc) is 2.71. The summed E-state index contributed by atoms with van der Waals surface area (Å²) in [7, 11) is 0. The highest BCUT2D eigenvalue weighted by molar-refractivity contribution is 9.10. The molecule has 1 aromatic carbocycles. The number of rotatable bonds is 4. The number of carboxylic acids is 1. The van der Waals surface area contributed by atoms with E-state index in [1.54, 1.807) is 6.20 Å². The Bertz CT molecular complexity index is 678. The first-order valence-corrected chi connectivity index (χ1v) is 6.94. The SMILES string of the molecule is CC(=O)NC(Cc1c[nH]c2cc(Br)c(C)cc12)C(=O)O. The summed E-state index contributed by atoms with van der Waals surface area (Å²) in [5.74, 6) is -1.39. The van der Waals surface area contributed by atoms with Crippen molar-refractivity contribution in [3.8, 4) is 0 Å². The van der Waals surface area contributed by atoms with Crippen molar-refractivity contribution in [2.75, 3.05) is 0 Å². The molecular weight excluding hydrogens is 324 g/mol. The quantitative estimate of drug-likeness (QED) is 0.800. The molecule has 5 nitrogen and oxygen atoms in total. The Morgan fingerprint density at radius 1 is 1.45 bits per heavy atom. The second kappa shape index (κ2) is 5.66. The fraction of sp³-hybridized carbons (Fsp3) is 0.286. The normalized spacial score (nSPS) is 12.3. The molecule has 2 aromatic rings. The number of amides is 1. The molecule has 0 saturated carbocycles. The van der Waals surface area contributed by atoms with E-state index in [2.05, 4.69) is 26.2 Å². The number of carboxylic acid groups (broad SMARTS) is 1. The third-order valence-corrected chi connectivity index (χ3v) is 4.00. The van der Waals surface area contributed by atoms with Crippen molar-refractivity contribution in [3.05, 3.63) is 33.9 Å². The number of aryl methyl sites for hydroxylation is 1. The predicted octanol–water partition coefficient (Wildman–Crippen LogP) is 2.37. The molecule has 0 radical (unpaired) electrons. The van der Waals surface area contributed by atoms with E-state index in [0.717, 1.165) is 26.5 Å². The van der Waals surface area contributed by atoms with Gasteiger partial charge < -0.3 is 15.4 Å². The Hall–Kier alpha value is -1.82. The Balaban J connectivity index is 2.35. The lowest BCUT2D eigenvalue weighted by molar-refractivity contribution is -0.141. The van der Waals surface area contributed by atoms with Crippen molar-refractivity contribution >= 4 is 38.7 Å². The van der Waals surface area contributed by atoms with Gasteiger partial charge in [-0.3, -0.25) is 4.79 Å². The van der Waals surface area contributed by atoms with E-state index in [1.807, 2.05) is 19.1 Å². The second-order valence-corrected chi connectivity index (χ2v) is 5.61. The van der Waals surface area contributed by atoms with Gasteiger partial charge >= 0.3 is 5.97 Å². The van der Waals surface area contributed by atoms with Gasteiger partial charge in [-0.1, -0.05) is 15.9 Å². The summed E-state index contributed by atoms with van der Waals surface area (Å²) in [6.45, 7) is 3.29. The summed E-state index contributed by atoms with van der Waals surface area (Å²) in [5.41, 5.74) is 2.88. The minimum atomic E-state index is -1.04. The number of hydrogen-bond acceptors (Lipinski definition) is 2. The zero-order valence-electron chi connectivity index (χ0n) is 11.2. The van der Waals surface area contributed by atoms with E-state index >= 15 is 0 Å². The number of fused-ring (bicyclic) bond motifs is 1. The van der Waals surface area contributed by atoms with Gasteiger partial charge in [-0.2, -0.15) is 0 Å². The molecule has 3 N–H and O–H groups in total. The third-order valence-electron chi connectivity index (χ3n) is 3.15. The van der Waals surface area contributed by atoms with Crippen molar-refractivity contribution in [1.82, 2.24) is 10.3 Å². The first-order valence-electron chi connectivity index (χ1n) is 6.14. The molecule has 0 aliphatic heterocycles. The zero-order chi connectivity index (χ0) is 14.9. The van der Waals surface area contributed by atoms with Gasteiger partial charge in [0, 0.05) is 34.9 Å². The number of aromatic nitrogens is 1. The van der Waals surface area contributed by atoms with Crippen molar-refractivity contribution in [2.24, 2.45) is 0 Å². The van der Waals surface area contributed by atoms with Crippen LogP contribution in [0.3, 0.4) is 0 Å². The molecule has 0 spiro atoms. The maximum Gasteiger partial charge on any atom is 0.326 e. The lowest BCUT2D eigenvalue weighted by atomic mass is 10.0. The van der Waals surface area contributed by atoms with Gasteiger partial charge in [0.1, 0.15) is 6.04 Å². The standard InChI is InChI=1S/C14H15BrN2O3/c1-7-3-10-9(6-16-12(10)5-11(7)15)4-13(14(19)20)17-8(2)18/h3,5-6,13,16H,4H2,1-2H3,(H,17,18)(H,19,20). The number of halogens is 1. The number of aliphatic carboxylic acids is 1. The van der Waals surface area contributed by atoms with E-state index in [4.69, 9.17) is 5.11 Å². The molecule has 20 heavy (non-hydrogen) atoms. The van der Waals surface area contributed by atoms with Crippen LogP contribution in [0.25, 0.3) is 10.9 Å². The molecule has 1 heterocycles. The third kappa shape index (κ3) is 3.01. The Morgan fingerprint density at radius 2 is 2.15 bits per heavy atom. The highest BCUT2D eigenvalue weighted by Crippen LogP contribution is 2.26. The lowest BCUT2D eigenvalue weighted by Gasteiger charge is -2.12. The molecule has 1 aromatic heterocycles. The second-order valence-electron chi connectivity index (χ2n) is 4.76. The van der Waals surface area contributed by atoms with Crippen LogP contribution in [-0.2, 0) is 16.0 Å². The molecule has 0 aliphatic rings. The van der Waals surface area contributed by atoms with Crippen LogP contribution in [0.2, 0.25) is 0 Å². The van der Waals surface area contributed by atoms with Gasteiger partial charge in [0.05, 0.1) is 0 Å². The minimum Gasteiger partial charge on any atom is -0.480 e. The number of nitrogens with one attached hydrogen (secondary N) is 2. The van der Waals surface area contributed by atoms with Crippen LogP contribution in [-0.4, -0.2) is 28.0 Å². The first kappa shape index (κ1) is 14.6. The lowest BCUT2D eigenvalue weighted by Crippen LogP contribution is -2.41. The number of aromatic amines is 1. The number of benzene rings is 1. The zero-order valence-corrected chi connectivity index (χ0v) is 12.7. The smallest absolute Gasteiger partial charge is 0.326 e. The molecule has 0 fully saturated rings. The molecule has 0 bridgehead atoms. The van der Waals surface area contributed by atoms with E-state index in [0.29, 0.717) is 0 Å². The van der Waals surface area contributed by atoms with Gasteiger partial charge in [-0.05, 0) is 30.2 Å². The molecule has 106 valence electrons. The molecule has 0 aliphatic carbocycles. The van der Waals surface area contributed by atoms with Crippen LogP contribution in [0.4, 0.5) is 0 Å². The van der Waals surface area contributed by atoms with E-state index < -0.39 is 12.0 Å². The molecule has 0 saturated heterocycles. The monoisotopic (exact) mass is 338 g/mol. The van der Waals surface area contributed by atoms with Crippen LogP contribution < -0.4 is 5.32 Å². The molecular formula is C14H15BrN2O3. The van der Waals surface area contributed by atoms with Crippen molar-refractivity contribution in [2.45, 2.75) is 26.3 Å². The Labute approximate surface area is 124 Å². The van der Waals surface area contributed by atoms with E-state index in [-0.39, 0.29) is 12.3 Å². The van der Waals surface area contributed by atoms with Gasteiger partial charge in [-0.25, -0.2) is 4.79 Å². The maximum absolute atomic E-state index is 11.2. The van der Waals surface area contributed by atoms with Gasteiger partial charge in [-0.15, -0.1) is 0 Å². The topological polar surface area (TPSA) is 82.2 Å². The van der Waals surface area contributed by atoms with Gasteiger partial charge in [0.2, 0.25) is 5.91 Å². The van der Waals surface area contributed by atoms with Gasteiger partial charge in [0.25, 0.3) is 0 Å². The summed E-state index contributed by atoms with van der Waals surface area (Å²) in [6, 6.07) is 3.04. The summed E-state index contributed by atoms with van der Waals surface area (Å²) < 4.78 is 0.995. The first-order chi connectivity index (χ1) is 9.38. The molecule has 1 unspecified atom stereocenters. The van der Waals surface area contributed by atoms with E-state index in [9.17, 15) is 9.59 Å². The highest BCUT2D eigenvalue weighted by Gasteiger charge is 2.20. The summed E-state index contributed by atoms with van der Waals surface area (Å²) in [4.78, 5) is 25.4. The van der Waals surface area contributed by atoms with Gasteiger partial charge in [0.15, 0.2) is 0 Å². The van der Waals surface area contributed by atoms with Crippen molar-refractivity contribution in [1.29, 1.82) is 0 Å². The molecule has 2 rings (SSSR count). The van der Waals surface area contributed by atoms with E-state index in [1.165, 1.54) is 6.92 Å². The van der Waals surface area contributed by atoms with Crippen molar-refractivity contribution < 1.29 is 14.7 Å². The Morgan fingerprint density at radius 3 is 2.75 bits per heavy atom. The fourth-order valence-corrected chi connectivity index (χ4v) is 2.49. The fourth-order valence-electron chi connectivity index (χ4n) is 2.14. The summed E-state index contributed by atoms with van der Waals surface area (Å²) >= 11 is 3.46. The van der Waals surface area contributed by atoms with Crippen LogP contribution >= 0.6 is 15.9 Å². The van der Waals surface area contributed by atoms with Crippen LogP contribution in [0, 0.1) is 6.92 Å². The minimum absolute atomic E-state index is 0.246. The van der Waals surface area contributed by atoms with Crippen LogP contribution in [0.15, 0.2) is 22.8 Å². The van der Waals surface area contributed by atoms with Crippen molar-refractivity contribution in [3.63, 3.8) is 0 Å². The maximum atomic E-state index is 11.2. The highest BCUT2D eigenvalue weighted by atomic mass is 79.9. The van der Waals surface area contributed by atoms with Crippen LogP contribution in [0.5, 0.6) is 0 Å². The number of hydrogen-bond donors (Lipinski definition) is 3.